The summed E-state index contributed by atoms with van der Waals surface area (Å²) in [6, 6.07) is 4.34. The lowest BCUT2D eigenvalue weighted by molar-refractivity contribution is 0.377. The molecule has 0 atom stereocenters. The summed E-state index contributed by atoms with van der Waals surface area (Å²) in [7, 11) is 0. The van der Waals surface area contributed by atoms with E-state index in [1.807, 2.05) is 0 Å². The van der Waals surface area contributed by atoms with Gasteiger partial charge in [0.15, 0.2) is 0 Å². The second-order valence-electron chi connectivity index (χ2n) is 7.39. The molecule has 0 saturated carbocycles. The Balaban J connectivity index is 2.16. The third-order valence-corrected chi connectivity index (χ3v) is 4.51. The predicted octanol–water partition coefficient (Wildman–Crippen LogP) is 3.85. The zero-order valence-corrected chi connectivity index (χ0v) is 14.2. The first kappa shape index (κ1) is 16.3. The van der Waals surface area contributed by atoms with Gasteiger partial charge in [-0.1, -0.05) is 40.5 Å². The zero-order valence-electron chi connectivity index (χ0n) is 14.2. The van der Waals surface area contributed by atoms with E-state index in [1.165, 1.54) is 31.2 Å². The smallest absolute Gasteiger partial charge is 0.129 e. The van der Waals surface area contributed by atoms with Crippen LogP contribution in [0.15, 0.2) is 12.1 Å². The SMILES string of the molecule is CCCC1CCN(c2cc(CN)cc(C(C)(C)C)n2)CC1. The molecule has 0 unspecified atom stereocenters. The van der Waals surface area contributed by atoms with E-state index in [1.54, 1.807) is 0 Å². The van der Waals surface area contributed by atoms with Gasteiger partial charge in [-0.15, -0.1) is 0 Å². The largest absolute Gasteiger partial charge is 0.357 e. The number of anilines is 1. The van der Waals surface area contributed by atoms with E-state index in [-0.39, 0.29) is 5.41 Å². The Hall–Kier alpha value is -1.09. The minimum atomic E-state index is 0.0699. The second-order valence-corrected chi connectivity index (χ2v) is 7.39. The van der Waals surface area contributed by atoms with Gasteiger partial charge in [-0.3, -0.25) is 0 Å². The topological polar surface area (TPSA) is 42.1 Å². The number of hydrogen-bond donors (Lipinski definition) is 1. The molecule has 118 valence electrons. The first-order valence-corrected chi connectivity index (χ1v) is 8.40. The van der Waals surface area contributed by atoms with Gasteiger partial charge in [0.25, 0.3) is 0 Å². The highest BCUT2D eigenvalue weighted by molar-refractivity contribution is 5.44. The highest BCUT2D eigenvalue weighted by Crippen LogP contribution is 2.28. The van der Waals surface area contributed by atoms with Crippen LogP contribution in [0.4, 0.5) is 5.82 Å². The normalized spacial score (nSPS) is 17.3. The van der Waals surface area contributed by atoms with E-state index in [2.05, 4.69) is 44.7 Å². The van der Waals surface area contributed by atoms with Crippen molar-refractivity contribution in [3.63, 3.8) is 0 Å². The molecule has 2 N–H and O–H groups in total. The molecule has 2 rings (SSSR count). The summed E-state index contributed by atoms with van der Waals surface area (Å²) in [5, 5.41) is 0. The first-order chi connectivity index (χ1) is 9.94. The van der Waals surface area contributed by atoms with Crippen molar-refractivity contribution >= 4 is 5.82 Å². The third kappa shape index (κ3) is 4.19. The number of pyridine rings is 1. The fourth-order valence-electron chi connectivity index (χ4n) is 3.09. The third-order valence-electron chi connectivity index (χ3n) is 4.51. The number of nitrogens with two attached hydrogens (primary N) is 1. The Labute approximate surface area is 129 Å². The van der Waals surface area contributed by atoms with Crippen molar-refractivity contribution in [2.24, 2.45) is 11.7 Å². The molecule has 21 heavy (non-hydrogen) atoms. The van der Waals surface area contributed by atoms with Crippen molar-refractivity contribution in [1.29, 1.82) is 0 Å². The molecule has 0 amide bonds. The van der Waals surface area contributed by atoms with Crippen LogP contribution in [0.2, 0.25) is 0 Å². The summed E-state index contributed by atoms with van der Waals surface area (Å²) in [5.74, 6) is 2.03. The summed E-state index contributed by atoms with van der Waals surface area (Å²) in [6.45, 7) is 11.8. The van der Waals surface area contributed by atoms with E-state index in [0.717, 1.165) is 30.5 Å². The molecule has 3 heteroatoms. The monoisotopic (exact) mass is 289 g/mol. The molecule has 0 aliphatic carbocycles. The van der Waals surface area contributed by atoms with Gasteiger partial charge >= 0.3 is 0 Å². The van der Waals surface area contributed by atoms with Gasteiger partial charge in [-0.25, -0.2) is 4.98 Å². The maximum atomic E-state index is 5.88. The quantitative estimate of drug-likeness (QED) is 0.915. The van der Waals surface area contributed by atoms with Gasteiger partial charge in [-0.2, -0.15) is 0 Å². The number of piperidine rings is 1. The van der Waals surface area contributed by atoms with Crippen LogP contribution >= 0.6 is 0 Å². The van der Waals surface area contributed by atoms with Gasteiger partial charge in [-0.05, 0) is 36.5 Å². The van der Waals surface area contributed by atoms with Gasteiger partial charge in [0, 0.05) is 30.7 Å². The molecular weight excluding hydrogens is 258 g/mol. The molecule has 3 nitrogen and oxygen atoms in total. The van der Waals surface area contributed by atoms with Crippen LogP contribution in [0.25, 0.3) is 0 Å². The molecular formula is C18H31N3. The number of nitrogens with zero attached hydrogens (tertiary/aromatic N) is 2. The van der Waals surface area contributed by atoms with Crippen molar-refractivity contribution in [2.75, 3.05) is 18.0 Å². The van der Waals surface area contributed by atoms with Crippen molar-refractivity contribution in [3.05, 3.63) is 23.4 Å². The minimum Gasteiger partial charge on any atom is -0.357 e. The van der Waals surface area contributed by atoms with Crippen LogP contribution in [0, 0.1) is 5.92 Å². The maximum Gasteiger partial charge on any atom is 0.129 e. The Bertz CT molecular complexity index is 454. The standard InChI is InChI=1S/C18H31N3/c1-5-6-14-7-9-21(10-8-14)17-12-15(13-19)11-16(20-17)18(2,3)4/h11-12,14H,5-10,13,19H2,1-4H3. The average molecular weight is 289 g/mol. The zero-order chi connectivity index (χ0) is 15.5. The number of aromatic nitrogens is 1. The number of rotatable bonds is 4. The lowest BCUT2D eigenvalue weighted by Gasteiger charge is -2.34. The van der Waals surface area contributed by atoms with Crippen molar-refractivity contribution in [1.82, 2.24) is 4.98 Å². The van der Waals surface area contributed by atoms with Gasteiger partial charge in [0.05, 0.1) is 0 Å². The predicted molar refractivity (Wildman–Crippen MR) is 90.7 cm³/mol. The highest BCUT2D eigenvalue weighted by atomic mass is 15.2. The molecule has 0 aromatic carbocycles. The van der Waals surface area contributed by atoms with Gasteiger partial charge in [0.2, 0.25) is 0 Å². The highest BCUT2D eigenvalue weighted by Gasteiger charge is 2.22. The van der Waals surface area contributed by atoms with Crippen LogP contribution in [0.1, 0.15) is 64.6 Å². The Morgan fingerprint density at radius 3 is 2.43 bits per heavy atom. The van der Waals surface area contributed by atoms with E-state index in [0.29, 0.717) is 6.54 Å². The average Bonchev–Trinajstić information content (AvgIpc) is 2.47. The van der Waals surface area contributed by atoms with Gasteiger partial charge < -0.3 is 10.6 Å². The van der Waals surface area contributed by atoms with E-state index in [4.69, 9.17) is 10.7 Å². The maximum absolute atomic E-state index is 5.88. The van der Waals surface area contributed by atoms with E-state index in [9.17, 15) is 0 Å². The van der Waals surface area contributed by atoms with Crippen molar-refractivity contribution in [3.8, 4) is 0 Å². The summed E-state index contributed by atoms with van der Waals surface area (Å²) < 4.78 is 0. The Kier molecular flexibility index (Phi) is 5.26. The lowest BCUT2D eigenvalue weighted by atomic mass is 9.90. The Morgan fingerprint density at radius 2 is 1.90 bits per heavy atom. The molecule has 2 heterocycles. The lowest BCUT2D eigenvalue weighted by Crippen LogP contribution is -2.34. The number of hydrogen-bond acceptors (Lipinski definition) is 3. The molecule has 0 bridgehead atoms. The minimum absolute atomic E-state index is 0.0699. The molecule has 1 aromatic rings. The van der Waals surface area contributed by atoms with Crippen LogP contribution < -0.4 is 10.6 Å². The van der Waals surface area contributed by atoms with Crippen LogP contribution in [-0.4, -0.2) is 18.1 Å². The molecule has 1 aromatic heterocycles. The van der Waals surface area contributed by atoms with Crippen LogP contribution in [0.5, 0.6) is 0 Å². The summed E-state index contributed by atoms with van der Waals surface area (Å²) in [6.07, 6.45) is 5.28. The van der Waals surface area contributed by atoms with E-state index < -0.39 is 0 Å². The summed E-state index contributed by atoms with van der Waals surface area (Å²) in [4.78, 5) is 7.36. The fraction of sp³-hybridized carbons (Fsp3) is 0.722. The first-order valence-electron chi connectivity index (χ1n) is 8.40. The summed E-state index contributed by atoms with van der Waals surface area (Å²) in [5.41, 5.74) is 8.29. The van der Waals surface area contributed by atoms with Crippen molar-refractivity contribution < 1.29 is 0 Å². The molecule has 0 spiro atoms. The molecule has 1 fully saturated rings. The van der Waals surface area contributed by atoms with Gasteiger partial charge in [0.1, 0.15) is 5.82 Å². The molecule has 0 radical (unpaired) electrons. The fourth-order valence-corrected chi connectivity index (χ4v) is 3.09. The summed E-state index contributed by atoms with van der Waals surface area (Å²) >= 11 is 0. The molecule has 1 aliphatic heterocycles. The van der Waals surface area contributed by atoms with E-state index >= 15 is 0 Å². The Morgan fingerprint density at radius 1 is 1.24 bits per heavy atom. The van der Waals surface area contributed by atoms with Crippen molar-refractivity contribution in [2.45, 2.75) is 65.3 Å². The molecule has 1 saturated heterocycles. The van der Waals surface area contributed by atoms with Crippen LogP contribution in [0.3, 0.4) is 0 Å². The molecule has 1 aliphatic rings. The second kappa shape index (κ2) is 6.78. The van der Waals surface area contributed by atoms with Crippen LogP contribution in [-0.2, 0) is 12.0 Å².